The zero-order valence-electron chi connectivity index (χ0n) is 12.0. The third kappa shape index (κ3) is 4.30. The summed E-state index contributed by atoms with van der Waals surface area (Å²) in [7, 11) is 3.68. The zero-order chi connectivity index (χ0) is 13.7. The molecule has 0 aliphatic carbocycles. The van der Waals surface area contributed by atoms with E-state index >= 15 is 0 Å². The van der Waals surface area contributed by atoms with Crippen molar-refractivity contribution in [1.82, 2.24) is 14.5 Å². The molecule has 2 rings (SSSR count). The van der Waals surface area contributed by atoms with Crippen LogP contribution in [0.3, 0.4) is 0 Å². The molecule has 1 aromatic heterocycles. The third-order valence-electron chi connectivity index (χ3n) is 3.82. The fraction of sp³-hybridized carbons (Fsp3) is 0.786. The van der Waals surface area contributed by atoms with Crippen molar-refractivity contribution in [2.45, 2.75) is 25.4 Å². The van der Waals surface area contributed by atoms with E-state index in [-0.39, 0.29) is 6.10 Å². The van der Waals surface area contributed by atoms with Gasteiger partial charge in [-0.15, -0.1) is 0 Å². The summed E-state index contributed by atoms with van der Waals surface area (Å²) < 4.78 is 7.08. The van der Waals surface area contributed by atoms with E-state index in [4.69, 9.17) is 4.74 Å². The van der Waals surface area contributed by atoms with E-state index in [1.165, 1.54) is 12.8 Å². The average molecular weight is 267 g/mol. The fourth-order valence-corrected chi connectivity index (χ4v) is 2.88. The Morgan fingerprint density at radius 3 is 3.11 bits per heavy atom. The summed E-state index contributed by atoms with van der Waals surface area (Å²) in [6.45, 7) is 3.26. The molecule has 1 aliphatic heterocycles. The Labute approximate surface area is 115 Å². The SMILES string of the molecule is COC[C@@H](O)CN1CCC[C@H](Cc2nccn2C)C1. The van der Waals surface area contributed by atoms with Crippen LogP contribution in [-0.4, -0.2) is 59.0 Å². The number of aromatic nitrogens is 2. The number of likely N-dealkylation sites (tertiary alicyclic amines) is 1. The molecule has 19 heavy (non-hydrogen) atoms. The maximum atomic E-state index is 9.81. The van der Waals surface area contributed by atoms with Crippen molar-refractivity contribution in [2.75, 3.05) is 33.4 Å². The van der Waals surface area contributed by atoms with E-state index < -0.39 is 0 Å². The molecule has 108 valence electrons. The summed E-state index contributed by atoms with van der Waals surface area (Å²) in [5.74, 6) is 1.80. The normalized spacial score (nSPS) is 22.6. The number of hydrogen-bond donors (Lipinski definition) is 1. The summed E-state index contributed by atoms with van der Waals surface area (Å²) in [4.78, 5) is 6.75. The highest BCUT2D eigenvalue weighted by atomic mass is 16.5. The first kappa shape index (κ1) is 14.5. The molecule has 1 N–H and O–H groups in total. The Morgan fingerprint density at radius 2 is 2.42 bits per heavy atom. The van der Waals surface area contributed by atoms with Gasteiger partial charge in [0.15, 0.2) is 0 Å². The van der Waals surface area contributed by atoms with Crippen LogP contribution in [0.4, 0.5) is 0 Å². The number of ether oxygens (including phenoxy) is 1. The van der Waals surface area contributed by atoms with Gasteiger partial charge in [0.05, 0.1) is 12.7 Å². The number of nitrogens with zero attached hydrogens (tertiary/aromatic N) is 3. The van der Waals surface area contributed by atoms with E-state index in [1.54, 1.807) is 7.11 Å². The summed E-state index contributed by atoms with van der Waals surface area (Å²) in [5, 5.41) is 9.81. The number of methoxy groups -OCH3 is 1. The first-order valence-corrected chi connectivity index (χ1v) is 7.04. The number of β-amino-alcohol motifs (C(OH)–C–C–N with tert-alkyl or cyclic N) is 1. The van der Waals surface area contributed by atoms with Gasteiger partial charge in [-0.2, -0.15) is 0 Å². The van der Waals surface area contributed by atoms with E-state index in [0.717, 1.165) is 25.3 Å². The number of piperidine rings is 1. The molecule has 5 nitrogen and oxygen atoms in total. The monoisotopic (exact) mass is 267 g/mol. The van der Waals surface area contributed by atoms with Crippen LogP contribution < -0.4 is 0 Å². The van der Waals surface area contributed by atoms with Crippen LogP contribution in [0.2, 0.25) is 0 Å². The highest BCUT2D eigenvalue weighted by Gasteiger charge is 2.22. The Hall–Kier alpha value is -0.910. The summed E-state index contributed by atoms with van der Waals surface area (Å²) in [6, 6.07) is 0. The lowest BCUT2D eigenvalue weighted by atomic mass is 9.94. The fourth-order valence-electron chi connectivity index (χ4n) is 2.88. The van der Waals surface area contributed by atoms with Crippen molar-refractivity contribution in [3.63, 3.8) is 0 Å². The van der Waals surface area contributed by atoms with Gasteiger partial charge in [0, 0.05) is 46.1 Å². The molecular formula is C14H25N3O2. The zero-order valence-corrected chi connectivity index (χ0v) is 12.0. The Kier molecular flexibility index (Phi) is 5.36. The van der Waals surface area contributed by atoms with Crippen LogP contribution in [0.1, 0.15) is 18.7 Å². The first-order chi connectivity index (χ1) is 9.19. The average Bonchev–Trinajstić information content (AvgIpc) is 2.76. The minimum absolute atomic E-state index is 0.378. The lowest BCUT2D eigenvalue weighted by Gasteiger charge is -2.33. The number of rotatable bonds is 6. The molecule has 1 fully saturated rings. The van der Waals surface area contributed by atoms with Gasteiger partial charge in [0.2, 0.25) is 0 Å². The van der Waals surface area contributed by atoms with Gasteiger partial charge < -0.3 is 19.3 Å². The van der Waals surface area contributed by atoms with Crippen LogP contribution in [0.15, 0.2) is 12.4 Å². The van der Waals surface area contributed by atoms with Gasteiger partial charge in [-0.05, 0) is 25.3 Å². The van der Waals surface area contributed by atoms with E-state index in [9.17, 15) is 5.11 Å². The van der Waals surface area contributed by atoms with Gasteiger partial charge in [0.25, 0.3) is 0 Å². The minimum Gasteiger partial charge on any atom is -0.389 e. The predicted octanol–water partition coefficient (Wildman–Crippen LogP) is 0.682. The Balaban J connectivity index is 1.82. The van der Waals surface area contributed by atoms with Crippen molar-refractivity contribution in [3.05, 3.63) is 18.2 Å². The molecule has 1 aromatic rings. The lowest BCUT2D eigenvalue weighted by Crippen LogP contribution is -2.42. The van der Waals surface area contributed by atoms with Crippen LogP contribution in [0.5, 0.6) is 0 Å². The molecule has 2 atom stereocenters. The van der Waals surface area contributed by atoms with Crippen molar-refractivity contribution in [2.24, 2.45) is 13.0 Å². The van der Waals surface area contributed by atoms with Crippen LogP contribution >= 0.6 is 0 Å². The Morgan fingerprint density at radius 1 is 1.58 bits per heavy atom. The van der Waals surface area contributed by atoms with Crippen LogP contribution in [0.25, 0.3) is 0 Å². The van der Waals surface area contributed by atoms with Crippen molar-refractivity contribution in [1.29, 1.82) is 0 Å². The van der Waals surface area contributed by atoms with Gasteiger partial charge in [-0.3, -0.25) is 0 Å². The molecule has 0 aromatic carbocycles. The number of aliphatic hydroxyl groups is 1. The van der Waals surface area contributed by atoms with Gasteiger partial charge in [-0.1, -0.05) is 0 Å². The molecule has 0 radical (unpaired) electrons. The topological polar surface area (TPSA) is 50.5 Å². The molecule has 1 saturated heterocycles. The van der Waals surface area contributed by atoms with Crippen molar-refractivity contribution in [3.8, 4) is 0 Å². The molecule has 0 bridgehead atoms. The van der Waals surface area contributed by atoms with Gasteiger partial charge in [0.1, 0.15) is 5.82 Å². The first-order valence-electron chi connectivity index (χ1n) is 7.04. The highest BCUT2D eigenvalue weighted by molar-refractivity contribution is 4.94. The minimum atomic E-state index is -0.378. The van der Waals surface area contributed by atoms with Crippen LogP contribution in [0, 0.1) is 5.92 Å². The molecule has 0 unspecified atom stereocenters. The maximum Gasteiger partial charge on any atom is 0.108 e. The van der Waals surface area contributed by atoms with Gasteiger partial charge >= 0.3 is 0 Å². The number of aliphatic hydroxyl groups excluding tert-OH is 1. The highest BCUT2D eigenvalue weighted by Crippen LogP contribution is 2.20. The second-order valence-electron chi connectivity index (χ2n) is 5.54. The van der Waals surface area contributed by atoms with E-state index in [1.807, 2.05) is 19.4 Å². The summed E-state index contributed by atoms with van der Waals surface area (Å²) >= 11 is 0. The standard InChI is InChI=1S/C14H25N3O2/c1-16-7-5-15-14(16)8-12-4-3-6-17(9-12)10-13(18)11-19-2/h5,7,12-13,18H,3-4,6,8-11H2,1-2H3/t12-,13+/m1/s1. The van der Waals surface area contributed by atoms with Crippen molar-refractivity contribution >= 4 is 0 Å². The van der Waals surface area contributed by atoms with Gasteiger partial charge in [-0.25, -0.2) is 4.98 Å². The largest absolute Gasteiger partial charge is 0.389 e. The number of imidazole rings is 1. The summed E-state index contributed by atoms with van der Waals surface area (Å²) in [6.07, 6.45) is 6.96. The lowest BCUT2D eigenvalue weighted by molar-refractivity contribution is 0.0269. The van der Waals surface area contributed by atoms with E-state index in [0.29, 0.717) is 19.1 Å². The summed E-state index contributed by atoms with van der Waals surface area (Å²) in [5.41, 5.74) is 0. The molecule has 2 heterocycles. The van der Waals surface area contributed by atoms with Crippen LogP contribution in [-0.2, 0) is 18.2 Å². The Bertz CT molecular complexity index is 381. The smallest absolute Gasteiger partial charge is 0.108 e. The molecular weight excluding hydrogens is 242 g/mol. The number of aryl methyl sites for hydroxylation is 1. The third-order valence-corrected chi connectivity index (χ3v) is 3.82. The quantitative estimate of drug-likeness (QED) is 0.823. The predicted molar refractivity (Wildman–Crippen MR) is 74.0 cm³/mol. The van der Waals surface area contributed by atoms with E-state index in [2.05, 4.69) is 14.5 Å². The maximum absolute atomic E-state index is 9.81. The molecule has 0 amide bonds. The molecule has 5 heteroatoms. The molecule has 1 aliphatic rings. The molecule has 0 spiro atoms. The second kappa shape index (κ2) is 7.03. The van der Waals surface area contributed by atoms with Crippen molar-refractivity contribution < 1.29 is 9.84 Å². The molecule has 0 saturated carbocycles. The number of hydrogen-bond acceptors (Lipinski definition) is 4. The second-order valence-corrected chi connectivity index (χ2v) is 5.54.